The Morgan fingerprint density at radius 1 is 1.56 bits per heavy atom. The smallest absolute Gasteiger partial charge is 0.252 e. The summed E-state index contributed by atoms with van der Waals surface area (Å²) < 4.78 is 0.997. The average molecular weight is 367 g/mol. The van der Waals surface area contributed by atoms with Gasteiger partial charge in [0.25, 0.3) is 5.91 Å². The standard InChI is InChI=1S/C11H13Br2NOS/c12-9-3-1-2-7(9)5-14-11(15)8-4-10(13)16-6-8/h4,6-7,9H,1-3,5H2,(H,14,15). The van der Waals surface area contributed by atoms with Gasteiger partial charge in [-0.2, -0.15) is 0 Å². The summed E-state index contributed by atoms with van der Waals surface area (Å²) in [5, 5.41) is 4.88. The number of hydrogen-bond donors (Lipinski definition) is 1. The van der Waals surface area contributed by atoms with Gasteiger partial charge in [0.15, 0.2) is 0 Å². The van der Waals surface area contributed by atoms with Crippen LogP contribution in [0.25, 0.3) is 0 Å². The van der Waals surface area contributed by atoms with Crippen molar-refractivity contribution in [3.8, 4) is 0 Å². The van der Waals surface area contributed by atoms with E-state index in [1.165, 1.54) is 30.6 Å². The van der Waals surface area contributed by atoms with Crippen LogP contribution in [0.5, 0.6) is 0 Å². The van der Waals surface area contributed by atoms with E-state index in [1.54, 1.807) is 0 Å². The van der Waals surface area contributed by atoms with Crippen molar-refractivity contribution in [1.29, 1.82) is 0 Å². The Kier molecular flexibility index (Phi) is 4.44. The van der Waals surface area contributed by atoms with Gasteiger partial charge in [0, 0.05) is 16.8 Å². The van der Waals surface area contributed by atoms with Crippen molar-refractivity contribution in [2.24, 2.45) is 5.92 Å². The van der Waals surface area contributed by atoms with Gasteiger partial charge in [-0.05, 0) is 40.8 Å². The topological polar surface area (TPSA) is 29.1 Å². The van der Waals surface area contributed by atoms with Gasteiger partial charge >= 0.3 is 0 Å². The SMILES string of the molecule is O=C(NCC1CCCC1Br)c1csc(Br)c1. The molecule has 88 valence electrons. The average Bonchev–Trinajstić information content (AvgIpc) is 2.84. The Hall–Kier alpha value is 0.130. The Bertz CT molecular complexity index is 380. The molecule has 1 N–H and O–H groups in total. The Labute approximate surface area is 116 Å². The third kappa shape index (κ3) is 3.08. The lowest BCUT2D eigenvalue weighted by atomic mass is 10.1. The third-order valence-corrected chi connectivity index (χ3v) is 5.63. The maximum absolute atomic E-state index is 11.8. The first-order chi connectivity index (χ1) is 7.66. The van der Waals surface area contributed by atoms with E-state index in [4.69, 9.17) is 0 Å². The molecular formula is C11H13Br2NOS. The molecule has 1 aliphatic carbocycles. The van der Waals surface area contributed by atoms with Gasteiger partial charge in [0.05, 0.1) is 9.35 Å². The van der Waals surface area contributed by atoms with Gasteiger partial charge in [0.2, 0.25) is 0 Å². The highest BCUT2D eigenvalue weighted by Gasteiger charge is 2.25. The Morgan fingerprint density at radius 3 is 2.94 bits per heavy atom. The lowest BCUT2D eigenvalue weighted by Crippen LogP contribution is -2.30. The number of hydrogen-bond acceptors (Lipinski definition) is 2. The second-order valence-corrected chi connectivity index (χ2v) is 7.52. The zero-order valence-electron chi connectivity index (χ0n) is 8.71. The predicted molar refractivity (Wildman–Crippen MR) is 74.4 cm³/mol. The van der Waals surface area contributed by atoms with Crippen LogP contribution in [0.1, 0.15) is 29.6 Å². The first-order valence-electron chi connectivity index (χ1n) is 5.33. The van der Waals surface area contributed by atoms with Crippen molar-refractivity contribution in [3.05, 3.63) is 20.8 Å². The van der Waals surface area contributed by atoms with Crippen molar-refractivity contribution < 1.29 is 4.79 Å². The molecule has 5 heteroatoms. The lowest BCUT2D eigenvalue weighted by Gasteiger charge is -2.14. The normalized spacial score (nSPS) is 24.6. The van der Waals surface area contributed by atoms with E-state index in [0.29, 0.717) is 10.7 Å². The molecule has 2 nitrogen and oxygen atoms in total. The van der Waals surface area contributed by atoms with Crippen molar-refractivity contribution in [1.82, 2.24) is 5.32 Å². The summed E-state index contributed by atoms with van der Waals surface area (Å²) in [5.74, 6) is 0.625. The summed E-state index contributed by atoms with van der Waals surface area (Å²) in [6, 6.07) is 1.86. The molecule has 0 radical (unpaired) electrons. The van der Waals surface area contributed by atoms with E-state index in [2.05, 4.69) is 37.2 Å². The second kappa shape index (κ2) is 5.65. The Balaban J connectivity index is 1.84. The van der Waals surface area contributed by atoms with Crippen molar-refractivity contribution in [2.75, 3.05) is 6.54 Å². The number of carbonyl (C=O) groups excluding carboxylic acids is 1. The van der Waals surface area contributed by atoms with E-state index in [-0.39, 0.29) is 5.91 Å². The fraction of sp³-hybridized carbons (Fsp3) is 0.545. The monoisotopic (exact) mass is 365 g/mol. The minimum absolute atomic E-state index is 0.0357. The molecule has 16 heavy (non-hydrogen) atoms. The minimum atomic E-state index is 0.0357. The highest BCUT2D eigenvalue weighted by molar-refractivity contribution is 9.11. The molecule has 2 rings (SSSR count). The van der Waals surface area contributed by atoms with Crippen LogP contribution in [-0.4, -0.2) is 17.3 Å². The van der Waals surface area contributed by atoms with Crippen LogP contribution in [0, 0.1) is 5.92 Å². The summed E-state index contributed by atoms with van der Waals surface area (Å²) in [7, 11) is 0. The highest BCUT2D eigenvalue weighted by Crippen LogP contribution is 2.31. The molecule has 2 unspecified atom stereocenters. The van der Waals surface area contributed by atoms with E-state index in [9.17, 15) is 4.79 Å². The third-order valence-electron chi connectivity index (χ3n) is 2.92. The number of halogens is 2. The number of alkyl halides is 1. The molecule has 0 aliphatic heterocycles. The van der Waals surface area contributed by atoms with Crippen molar-refractivity contribution in [3.63, 3.8) is 0 Å². The van der Waals surface area contributed by atoms with Gasteiger partial charge in [-0.3, -0.25) is 4.79 Å². The molecule has 1 aromatic rings. The summed E-state index contributed by atoms with van der Waals surface area (Å²) in [6.45, 7) is 0.780. The zero-order valence-corrected chi connectivity index (χ0v) is 12.7. The number of amides is 1. The number of thiophene rings is 1. The molecule has 1 saturated carbocycles. The van der Waals surface area contributed by atoms with Crippen molar-refractivity contribution in [2.45, 2.75) is 24.1 Å². The van der Waals surface area contributed by atoms with Gasteiger partial charge in [0.1, 0.15) is 0 Å². The fourth-order valence-corrected chi connectivity index (χ4v) is 3.89. The van der Waals surface area contributed by atoms with Crippen LogP contribution in [0.2, 0.25) is 0 Å². The molecule has 0 saturated heterocycles. The predicted octanol–water partition coefficient (Wildman–Crippen LogP) is 3.80. The van der Waals surface area contributed by atoms with Gasteiger partial charge in [-0.1, -0.05) is 22.4 Å². The largest absolute Gasteiger partial charge is 0.352 e. The zero-order chi connectivity index (χ0) is 11.5. The van der Waals surface area contributed by atoms with Gasteiger partial charge < -0.3 is 5.32 Å². The van der Waals surface area contributed by atoms with Crippen LogP contribution >= 0.6 is 43.2 Å². The molecule has 1 amide bonds. The quantitative estimate of drug-likeness (QED) is 0.810. The fourth-order valence-electron chi connectivity index (χ4n) is 1.98. The summed E-state index contributed by atoms with van der Waals surface area (Å²) in [4.78, 5) is 12.4. The minimum Gasteiger partial charge on any atom is -0.352 e. The van der Waals surface area contributed by atoms with Gasteiger partial charge in [-0.15, -0.1) is 11.3 Å². The first kappa shape index (κ1) is 12.6. The van der Waals surface area contributed by atoms with Crippen LogP contribution in [0.4, 0.5) is 0 Å². The lowest BCUT2D eigenvalue weighted by molar-refractivity contribution is 0.0948. The molecule has 1 heterocycles. The molecule has 2 atom stereocenters. The van der Waals surface area contributed by atoms with Crippen LogP contribution in [0.15, 0.2) is 15.2 Å². The molecule has 0 spiro atoms. The maximum atomic E-state index is 11.8. The molecule has 0 bridgehead atoms. The number of nitrogens with one attached hydrogen (secondary N) is 1. The molecule has 1 aromatic heterocycles. The van der Waals surface area contributed by atoms with Crippen LogP contribution < -0.4 is 5.32 Å². The first-order valence-corrected chi connectivity index (χ1v) is 7.92. The van der Waals surface area contributed by atoms with Crippen molar-refractivity contribution >= 4 is 49.1 Å². The summed E-state index contributed by atoms with van der Waals surface area (Å²) >= 11 is 8.55. The summed E-state index contributed by atoms with van der Waals surface area (Å²) in [6.07, 6.45) is 3.70. The van der Waals surface area contributed by atoms with Crippen LogP contribution in [-0.2, 0) is 0 Å². The summed E-state index contributed by atoms with van der Waals surface area (Å²) in [5.41, 5.74) is 0.751. The number of carbonyl (C=O) groups is 1. The second-order valence-electron chi connectivity index (χ2n) is 4.06. The van der Waals surface area contributed by atoms with Crippen LogP contribution in [0.3, 0.4) is 0 Å². The highest BCUT2D eigenvalue weighted by atomic mass is 79.9. The molecule has 1 fully saturated rings. The molecule has 0 aromatic carbocycles. The van der Waals surface area contributed by atoms with E-state index < -0.39 is 0 Å². The molecule has 1 aliphatic rings. The molecular weight excluding hydrogens is 354 g/mol. The van der Waals surface area contributed by atoms with Gasteiger partial charge in [-0.25, -0.2) is 0 Å². The van der Waals surface area contributed by atoms with E-state index in [0.717, 1.165) is 15.9 Å². The van der Waals surface area contributed by atoms with E-state index >= 15 is 0 Å². The number of rotatable bonds is 3. The van der Waals surface area contributed by atoms with E-state index in [1.807, 2.05) is 11.4 Å². The maximum Gasteiger partial charge on any atom is 0.252 e. The Morgan fingerprint density at radius 2 is 2.38 bits per heavy atom.